The van der Waals surface area contributed by atoms with Gasteiger partial charge in [-0.2, -0.15) is 0 Å². The molecule has 17 heavy (non-hydrogen) atoms. The molecule has 0 aliphatic rings. The molecule has 0 saturated heterocycles. The summed E-state index contributed by atoms with van der Waals surface area (Å²) in [6.45, 7) is 4.91. The number of hydrogen-bond donors (Lipinski definition) is 4. The van der Waals surface area contributed by atoms with Crippen LogP contribution in [0.1, 0.15) is 20.3 Å². The first-order chi connectivity index (χ1) is 8.04. The molecule has 0 aliphatic carbocycles. The molecule has 0 rings (SSSR count). The van der Waals surface area contributed by atoms with Gasteiger partial charge in [-0.3, -0.25) is 0 Å². The van der Waals surface area contributed by atoms with Gasteiger partial charge in [-0.05, 0) is 13.3 Å². The quantitative estimate of drug-likeness (QED) is 0.400. The molecule has 0 radical (unpaired) electrons. The predicted octanol–water partition coefficient (Wildman–Crippen LogP) is -0.856. The van der Waals surface area contributed by atoms with Gasteiger partial charge in [0.15, 0.2) is 0 Å². The fourth-order valence-electron chi connectivity index (χ4n) is 0.690. The van der Waals surface area contributed by atoms with Crippen molar-refractivity contribution in [2.75, 3.05) is 46.2 Å². The zero-order chi connectivity index (χ0) is 13.6. The van der Waals surface area contributed by atoms with Crippen molar-refractivity contribution >= 4 is 0 Å². The molecule has 0 spiro atoms. The fourth-order valence-corrected chi connectivity index (χ4v) is 0.690. The van der Waals surface area contributed by atoms with E-state index in [1.165, 1.54) is 0 Å². The van der Waals surface area contributed by atoms with E-state index in [4.69, 9.17) is 20.1 Å². The summed E-state index contributed by atoms with van der Waals surface area (Å²) in [6.07, 6.45) is 0.665. The highest BCUT2D eigenvalue weighted by molar-refractivity contribution is 4.68. The van der Waals surface area contributed by atoms with Crippen molar-refractivity contribution in [2.24, 2.45) is 0 Å². The van der Waals surface area contributed by atoms with Crippen LogP contribution in [0.5, 0.6) is 0 Å². The van der Waals surface area contributed by atoms with E-state index in [-0.39, 0.29) is 19.8 Å². The van der Waals surface area contributed by atoms with Gasteiger partial charge in [0.25, 0.3) is 0 Å². The third-order valence-electron chi connectivity index (χ3n) is 1.88. The second-order valence-corrected chi connectivity index (χ2v) is 3.69. The third kappa shape index (κ3) is 18.3. The number of rotatable bonds is 9. The largest absolute Gasteiger partial charge is 0.394 e. The number of hydrogen-bond acceptors (Lipinski definition) is 6. The molecule has 0 heterocycles. The molecule has 4 N–H and O–H groups in total. The lowest BCUT2D eigenvalue weighted by Gasteiger charge is -2.20. The minimum absolute atomic E-state index is 0.0137. The monoisotopic (exact) mass is 254 g/mol. The maximum Gasteiger partial charge on any atom is 0.0849 e. The Bertz CT molecular complexity index is 136. The van der Waals surface area contributed by atoms with Crippen molar-refractivity contribution in [1.82, 2.24) is 0 Å². The Morgan fingerprint density at radius 1 is 0.882 bits per heavy atom. The van der Waals surface area contributed by atoms with Crippen molar-refractivity contribution in [3.63, 3.8) is 0 Å². The molecule has 0 saturated carbocycles. The summed E-state index contributed by atoms with van der Waals surface area (Å²) in [7, 11) is 0. The molecule has 0 aromatic carbocycles. The van der Waals surface area contributed by atoms with E-state index >= 15 is 0 Å². The topological polar surface area (TPSA) is 99.4 Å². The van der Waals surface area contributed by atoms with Crippen LogP contribution in [-0.4, -0.2) is 72.3 Å². The fraction of sp³-hybridized carbons (Fsp3) is 1.00. The average molecular weight is 254 g/mol. The molecule has 0 amide bonds. The lowest BCUT2D eigenvalue weighted by molar-refractivity contribution is -0.0426. The minimum atomic E-state index is -0.741. The zero-order valence-electron chi connectivity index (χ0n) is 10.8. The first-order valence-electron chi connectivity index (χ1n) is 5.74. The molecule has 6 nitrogen and oxygen atoms in total. The molecule has 6 heteroatoms. The molecule has 0 aliphatic heterocycles. The van der Waals surface area contributed by atoms with Crippen LogP contribution >= 0.6 is 0 Å². The molecule has 1 atom stereocenters. The van der Waals surface area contributed by atoms with Gasteiger partial charge in [0.05, 0.1) is 51.8 Å². The molecular weight excluding hydrogens is 228 g/mol. The molecule has 0 aromatic rings. The second kappa shape index (κ2) is 13.8. The Kier molecular flexibility index (Phi) is 15.5. The van der Waals surface area contributed by atoms with E-state index < -0.39 is 5.60 Å². The van der Waals surface area contributed by atoms with Crippen LogP contribution in [0, 0.1) is 0 Å². The van der Waals surface area contributed by atoms with Gasteiger partial charge in [-0.15, -0.1) is 0 Å². The molecule has 0 aromatic heterocycles. The van der Waals surface area contributed by atoms with Crippen LogP contribution in [0.3, 0.4) is 0 Å². The molecular formula is C11H26O6. The van der Waals surface area contributed by atoms with Crippen LogP contribution in [0.15, 0.2) is 0 Å². The van der Waals surface area contributed by atoms with Gasteiger partial charge >= 0.3 is 0 Å². The number of ether oxygens (including phenoxy) is 2. The SMILES string of the molecule is CCC(C)(O)COCCO.OCCOCCO. The lowest BCUT2D eigenvalue weighted by Crippen LogP contribution is -2.30. The molecule has 1 unspecified atom stereocenters. The van der Waals surface area contributed by atoms with E-state index in [9.17, 15) is 5.11 Å². The molecule has 106 valence electrons. The van der Waals surface area contributed by atoms with Gasteiger partial charge in [0.2, 0.25) is 0 Å². The van der Waals surface area contributed by atoms with Crippen molar-refractivity contribution in [1.29, 1.82) is 0 Å². The van der Waals surface area contributed by atoms with Gasteiger partial charge in [-0.25, -0.2) is 0 Å². The summed E-state index contributed by atoms with van der Waals surface area (Å²) in [5.74, 6) is 0. The third-order valence-corrected chi connectivity index (χ3v) is 1.88. The van der Waals surface area contributed by atoms with Gasteiger partial charge in [0, 0.05) is 0 Å². The molecule has 0 fully saturated rings. The summed E-state index contributed by atoms with van der Waals surface area (Å²) in [6, 6.07) is 0. The van der Waals surface area contributed by atoms with Crippen LogP contribution in [0.25, 0.3) is 0 Å². The Balaban J connectivity index is 0. The first kappa shape index (κ1) is 19.1. The van der Waals surface area contributed by atoms with E-state index in [1.54, 1.807) is 6.92 Å². The predicted molar refractivity (Wildman–Crippen MR) is 63.8 cm³/mol. The first-order valence-corrected chi connectivity index (χ1v) is 5.74. The Morgan fingerprint density at radius 3 is 1.65 bits per heavy atom. The smallest absolute Gasteiger partial charge is 0.0849 e. The Labute approximate surface area is 103 Å². The van der Waals surface area contributed by atoms with Crippen LogP contribution in [-0.2, 0) is 9.47 Å². The van der Waals surface area contributed by atoms with Crippen LogP contribution in [0.4, 0.5) is 0 Å². The highest BCUT2D eigenvalue weighted by Gasteiger charge is 2.16. The lowest BCUT2D eigenvalue weighted by atomic mass is 10.1. The molecule has 0 bridgehead atoms. The standard InChI is InChI=1S/C7H16O3.C4H10O3/c1-3-7(2,9)6-10-5-4-8;5-1-3-7-4-2-6/h8-9H,3-6H2,1-2H3;5-6H,1-4H2. The van der Waals surface area contributed by atoms with Crippen molar-refractivity contribution < 1.29 is 29.9 Å². The van der Waals surface area contributed by atoms with Crippen molar-refractivity contribution in [3.05, 3.63) is 0 Å². The van der Waals surface area contributed by atoms with E-state index in [1.807, 2.05) is 6.92 Å². The van der Waals surface area contributed by atoms with E-state index in [2.05, 4.69) is 4.74 Å². The van der Waals surface area contributed by atoms with Gasteiger partial charge < -0.3 is 29.9 Å². The summed E-state index contributed by atoms with van der Waals surface area (Å²) >= 11 is 0. The van der Waals surface area contributed by atoms with Crippen molar-refractivity contribution in [2.45, 2.75) is 25.9 Å². The van der Waals surface area contributed by atoms with Gasteiger partial charge in [0.1, 0.15) is 0 Å². The summed E-state index contributed by atoms with van der Waals surface area (Å²) in [5, 5.41) is 33.8. The van der Waals surface area contributed by atoms with E-state index in [0.717, 1.165) is 0 Å². The average Bonchev–Trinajstić information content (AvgIpc) is 2.31. The summed E-state index contributed by atoms with van der Waals surface area (Å²) < 4.78 is 9.57. The maximum absolute atomic E-state index is 9.34. The minimum Gasteiger partial charge on any atom is -0.394 e. The zero-order valence-corrected chi connectivity index (χ0v) is 10.8. The highest BCUT2D eigenvalue weighted by Crippen LogP contribution is 2.07. The van der Waals surface area contributed by atoms with Crippen molar-refractivity contribution in [3.8, 4) is 0 Å². The Hall–Kier alpha value is -0.240. The highest BCUT2D eigenvalue weighted by atomic mass is 16.5. The second-order valence-electron chi connectivity index (χ2n) is 3.69. The maximum atomic E-state index is 9.34. The Morgan fingerprint density at radius 2 is 1.29 bits per heavy atom. The summed E-state index contributed by atoms with van der Waals surface area (Å²) in [4.78, 5) is 0. The number of aliphatic hydroxyl groups excluding tert-OH is 3. The summed E-state index contributed by atoms with van der Waals surface area (Å²) in [5.41, 5.74) is -0.741. The normalized spacial score (nSPS) is 13.8. The van der Waals surface area contributed by atoms with Crippen LogP contribution in [0.2, 0.25) is 0 Å². The van der Waals surface area contributed by atoms with E-state index in [0.29, 0.717) is 32.8 Å². The van der Waals surface area contributed by atoms with Gasteiger partial charge in [-0.1, -0.05) is 6.92 Å². The van der Waals surface area contributed by atoms with Crippen LogP contribution < -0.4 is 0 Å². The number of aliphatic hydroxyl groups is 4.